The molecule has 0 amide bonds. The normalized spacial score (nSPS) is 12.1. The summed E-state index contributed by atoms with van der Waals surface area (Å²) in [5.41, 5.74) is 0.761. The molecule has 0 aliphatic carbocycles. The number of aromatic nitrogens is 2. The van der Waals surface area contributed by atoms with E-state index in [0.717, 1.165) is 11.1 Å². The molecule has 184 valence electrons. The summed E-state index contributed by atoms with van der Waals surface area (Å²) in [6, 6.07) is 14.4. The molecule has 0 aliphatic heterocycles. The van der Waals surface area contributed by atoms with Gasteiger partial charge in [0.25, 0.3) is 10.0 Å². The maximum absolute atomic E-state index is 13.9. The summed E-state index contributed by atoms with van der Waals surface area (Å²) >= 11 is 0. The van der Waals surface area contributed by atoms with Crippen LogP contribution in [0.1, 0.15) is 25.0 Å². The Bertz CT molecular complexity index is 1140. The number of benzene rings is 2. The van der Waals surface area contributed by atoms with Gasteiger partial charge >= 0.3 is 0 Å². The molecule has 0 bridgehead atoms. The van der Waals surface area contributed by atoms with Gasteiger partial charge in [0.15, 0.2) is 5.75 Å². The smallest absolute Gasteiger partial charge is 0.266 e. The van der Waals surface area contributed by atoms with E-state index in [-0.39, 0.29) is 30.5 Å². The molecule has 2 aromatic carbocycles. The number of hydrogen-bond donors (Lipinski definition) is 1. The van der Waals surface area contributed by atoms with Crippen LogP contribution in [0.4, 0.5) is 0 Å². The van der Waals surface area contributed by atoms with Crippen molar-refractivity contribution < 1.29 is 27.7 Å². The Balaban J connectivity index is 2.04. The van der Waals surface area contributed by atoms with E-state index in [1.54, 1.807) is 52.3 Å². The second-order valence-corrected chi connectivity index (χ2v) is 10.2. The zero-order chi connectivity index (χ0) is 24.9. The van der Waals surface area contributed by atoms with Crippen LogP contribution in [0.25, 0.3) is 0 Å². The van der Waals surface area contributed by atoms with Crippen molar-refractivity contribution in [3.8, 4) is 17.2 Å². The van der Waals surface area contributed by atoms with E-state index in [0.29, 0.717) is 11.5 Å². The Kier molecular flexibility index (Phi) is 7.86. The van der Waals surface area contributed by atoms with Gasteiger partial charge in [-0.2, -0.15) is 9.40 Å². The van der Waals surface area contributed by atoms with Crippen molar-refractivity contribution in [2.24, 2.45) is 0 Å². The lowest BCUT2D eigenvalue weighted by Crippen LogP contribution is -2.33. The van der Waals surface area contributed by atoms with E-state index in [1.807, 2.05) is 24.3 Å². The maximum atomic E-state index is 13.9. The maximum Gasteiger partial charge on any atom is 0.266 e. The molecule has 0 radical (unpaired) electrons. The first kappa shape index (κ1) is 25.5. The van der Waals surface area contributed by atoms with E-state index in [2.05, 4.69) is 5.10 Å². The first-order valence-electron chi connectivity index (χ1n) is 10.7. The summed E-state index contributed by atoms with van der Waals surface area (Å²) in [4.78, 5) is 0. The Labute approximate surface area is 200 Å². The van der Waals surface area contributed by atoms with Crippen molar-refractivity contribution in [3.63, 3.8) is 0 Å². The Hall–Kier alpha value is -3.08. The van der Waals surface area contributed by atoms with Crippen LogP contribution in [0.2, 0.25) is 0 Å². The van der Waals surface area contributed by atoms with Crippen LogP contribution < -0.4 is 14.2 Å². The van der Waals surface area contributed by atoms with Gasteiger partial charge in [0.2, 0.25) is 5.03 Å². The minimum absolute atomic E-state index is 0.107. The number of ether oxygens (including phenoxy) is 3. The number of rotatable bonds is 11. The van der Waals surface area contributed by atoms with Crippen LogP contribution in [0.5, 0.6) is 17.2 Å². The van der Waals surface area contributed by atoms with Crippen molar-refractivity contribution in [1.29, 1.82) is 0 Å². The predicted molar refractivity (Wildman–Crippen MR) is 128 cm³/mol. The average Bonchev–Trinajstić information content (AvgIpc) is 3.31. The highest BCUT2D eigenvalue weighted by molar-refractivity contribution is 7.89. The van der Waals surface area contributed by atoms with Gasteiger partial charge in [-0.25, -0.2) is 8.42 Å². The Morgan fingerprint density at radius 3 is 1.74 bits per heavy atom. The van der Waals surface area contributed by atoms with Gasteiger partial charge in [-0.1, -0.05) is 24.3 Å². The van der Waals surface area contributed by atoms with Crippen molar-refractivity contribution in [2.45, 2.75) is 37.5 Å². The van der Waals surface area contributed by atoms with Crippen molar-refractivity contribution in [2.75, 3.05) is 27.9 Å². The molecule has 0 spiro atoms. The third-order valence-electron chi connectivity index (χ3n) is 5.50. The summed E-state index contributed by atoms with van der Waals surface area (Å²) in [5.74, 6) is 1.47. The number of methoxy groups -OCH3 is 3. The molecule has 0 saturated carbocycles. The number of aliphatic hydroxyl groups excluding tert-OH is 1. The highest BCUT2D eigenvalue weighted by Gasteiger charge is 2.34. The second kappa shape index (κ2) is 10.5. The third-order valence-corrected chi connectivity index (χ3v) is 7.21. The fourth-order valence-electron chi connectivity index (χ4n) is 3.26. The molecule has 10 heteroatoms. The highest BCUT2D eigenvalue weighted by atomic mass is 32.2. The number of sulfonamides is 1. The number of hydrogen-bond acceptors (Lipinski definition) is 7. The zero-order valence-corrected chi connectivity index (χ0v) is 20.9. The molecule has 3 aromatic rings. The van der Waals surface area contributed by atoms with Crippen molar-refractivity contribution in [3.05, 3.63) is 65.9 Å². The minimum Gasteiger partial charge on any atom is -0.497 e. The Morgan fingerprint density at radius 2 is 1.35 bits per heavy atom. The fraction of sp³-hybridized carbons (Fsp3) is 0.375. The topological polar surface area (TPSA) is 103 Å². The largest absolute Gasteiger partial charge is 0.497 e. The summed E-state index contributed by atoms with van der Waals surface area (Å²) in [7, 11) is 0.456. The molecular formula is C24H31N3O6S. The quantitative estimate of drug-likeness (QED) is 0.442. The molecule has 3 rings (SSSR count). The van der Waals surface area contributed by atoms with E-state index >= 15 is 0 Å². The molecule has 34 heavy (non-hydrogen) atoms. The average molecular weight is 490 g/mol. The molecule has 0 atom stereocenters. The van der Waals surface area contributed by atoms with Crippen LogP contribution in [-0.2, 0) is 28.7 Å². The van der Waals surface area contributed by atoms with Crippen LogP contribution in [-0.4, -0.2) is 55.5 Å². The standard InChI is InChI=1S/C24H31N3O6S/c1-24(2,17-28)27-16-22(33-5)23(25-27)34(29,30)26(14-18-6-10-20(31-3)11-7-18)15-19-8-12-21(32-4)13-9-19/h6-13,16,28H,14-15,17H2,1-5H3. The minimum atomic E-state index is -4.09. The summed E-state index contributed by atoms with van der Waals surface area (Å²) < 4.78 is 46.2. The van der Waals surface area contributed by atoms with E-state index in [9.17, 15) is 13.5 Å². The molecule has 0 fully saturated rings. The highest BCUT2D eigenvalue weighted by Crippen LogP contribution is 2.30. The Morgan fingerprint density at radius 1 is 0.882 bits per heavy atom. The first-order chi connectivity index (χ1) is 16.1. The summed E-state index contributed by atoms with van der Waals surface area (Å²) in [6.45, 7) is 3.50. The van der Waals surface area contributed by atoms with Gasteiger partial charge in [0.05, 0.1) is 39.7 Å². The van der Waals surface area contributed by atoms with E-state index in [4.69, 9.17) is 14.2 Å². The van der Waals surface area contributed by atoms with Gasteiger partial charge in [-0.15, -0.1) is 0 Å². The zero-order valence-electron chi connectivity index (χ0n) is 20.1. The van der Waals surface area contributed by atoms with Crippen molar-refractivity contribution in [1.82, 2.24) is 14.1 Å². The van der Waals surface area contributed by atoms with E-state index in [1.165, 1.54) is 22.3 Å². The van der Waals surface area contributed by atoms with E-state index < -0.39 is 15.6 Å². The molecule has 1 N–H and O–H groups in total. The molecule has 0 saturated heterocycles. The molecule has 1 heterocycles. The summed E-state index contributed by atoms with van der Waals surface area (Å²) in [5, 5.41) is 13.8. The SMILES string of the molecule is COc1ccc(CN(Cc2ccc(OC)cc2)S(=O)(=O)c2nn(C(C)(C)CO)cc2OC)cc1. The van der Waals surface area contributed by atoms with Gasteiger partial charge in [-0.05, 0) is 49.2 Å². The number of nitrogens with zero attached hydrogens (tertiary/aromatic N) is 3. The lowest BCUT2D eigenvalue weighted by atomic mass is 10.1. The lowest BCUT2D eigenvalue weighted by molar-refractivity contribution is 0.150. The van der Waals surface area contributed by atoms with Crippen molar-refractivity contribution >= 4 is 10.0 Å². The van der Waals surface area contributed by atoms with Gasteiger partial charge in [0, 0.05) is 13.1 Å². The predicted octanol–water partition coefficient (Wildman–Crippen LogP) is 3.03. The lowest BCUT2D eigenvalue weighted by Gasteiger charge is -2.23. The molecule has 9 nitrogen and oxygen atoms in total. The van der Waals surface area contributed by atoms with Crippen LogP contribution in [0.15, 0.2) is 59.8 Å². The molecule has 0 unspecified atom stereocenters. The second-order valence-electron chi connectivity index (χ2n) is 8.39. The first-order valence-corrected chi connectivity index (χ1v) is 12.1. The molecular weight excluding hydrogens is 458 g/mol. The van der Waals surface area contributed by atoms with Gasteiger partial charge in [0.1, 0.15) is 11.5 Å². The van der Waals surface area contributed by atoms with Crippen LogP contribution >= 0.6 is 0 Å². The molecule has 1 aromatic heterocycles. The summed E-state index contributed by atoms with van der Waals surface area (Å²) in [6.07, 6.45) is 1.49. The monoisotopic (exact) mass is 489 g/mol. The van der Waals surface area contributed by atoms with Gasteiger partial charge in [-0.3, -0.25) is 4.68 Å². The van der Waals surface area contributed by atoms with Crippen LogP contribution in [0, 0.1) is 0 Å². The third kappa shape index (κ3) is 5.52. The number of aliphatic hydroxyl groups is 1. The van der Waals surface area contributed by atoms with Crippen LogP contribution in [0.3, 0.4) is 0 Å². The molecule has 0 aliphatic rings. The fourth-order valence-corrected chi connectivity index (χ4v) is 4.72. The van der Waals surface area contributed by atoms with Gasteiger partial charge < -0.3 is 19.3 Å².